The molecule has 1 aromatic rings. The van der Waals surface area contributed by atoms with Gasteiger partial charge in [0, 0.05) is 11.6 Å². The third-order valence-electron chi connectivity index (χ3n) is 4.08. The number of aliphatic hydroxyl groups is 1. The predicted octanol–water partition coefficient (Wildman–Crippen LogP) is 3.98. The summed E-state index contributed by atoms with van der Waals surface area (Å²) in [6.07, 6.45) is 5.97. The Balaban J connectivity index is 2.14. The van der Waals surface area contributed by atoms with Crippen LogP contribution in [0.5, 0.6) is 0 Å². The second-order valence-corrected chi connectivity index (χ2v) is 8.33. The van der Waals surface area contributed by atoms with E-state index in [1.807, 2.05) is 6.92 Å². The normalized spacial score (nSPS) is 14.6. The van der Waals surface area contributed by atoms with Crippen molar-refractivity contribution in [3.8, 4) is 0 Å². The highest BCUT2D eigenvalue weighted by Gasteiger charge is 2.12. The number of hydrogen-bond donors (Lipinski definition) is 2. The van der Waals surface area contributed by atoms with Gasteiger partial charge in [0.1, 0.15) is 0 Å². The van der Waals surface area contributed by atoms with Crippen LogP contribution in [0.25, 0.3) is 0 Å². The first-order chi connectivity index (χ1) is 10.8. The Morgan fingerprint density at radius 2 is 1.61 bits per heavy atom. The molecule has 2 N–H and O–H groups in total. The number of benzene rings is 1. The van der Waals surface area contributed by atoms with E-state index < -0.39 is 10.0 Å². The summed E-state index contributed by atoms with van der Waals surface area (Å²) in [5, 5.41) is 9.93. The number of unbranched alkanes of at least 4 members (excludes halogenated alkanes) is 4. The Labute approximate surface area is 145 Å². The third kappa shape index (κ3) is 8.15. The molecule has 0 heterocycles. The van der Waals surface area contributed by atoms with Gasteiger partial charge in [0.2, 0.25) is 10.0 Å². The van der Waals surface area contributed by atoms with Gasteiger partial charge in [-0.1, -0.05) is 44.2 Å². The fraction of sp³-hybridized carbons (Fsp3) is 0.647. The second kappa shape index (κ2) is 10.3. The van der Waals surface area contributed by atoms with Crippen LogP contribution in [0.2, 0.25) is 5.02 Å². The molecule has 1 rings (SSSR count). The maximum atomic E-state index is 12.0. The monoisotopic (exact) mass is 361 g/mol. The molecule has 1 aromatic carbocycles. The van der Waals surface area contributed by atoms with Gasteiger partial charge in [0.15, 0.2) is 0 Å². The highest BCUT2D eigenvalue weighted by Crippen LogP contribution is 2.15. The number of nitrogens with one attached hydrogen (secondary N) is 1. The molecular formula is C17H28ClNO3S. The van der Waals surface area contributed by atoms with E-state index in [9.17, 15) is 13.5 Å². The molecule has 132 valence electrons. The van der Waals surface area contributed by atoms with E-state index in [-0.39, 0.29) is 11.0 Å². The molecule has 0 aliphatic rings. The number of sulfonamides is 1. The Morgan fingerprint density at radius 3 is 2.22 bits per heavy atom. The summed E-state index contributed by atoms with van der Waals surface area (Å²) in [6.45, 7) is 4.35. The predicted molar refractivity (Wildman–Crippen MR) is 95.2 cm³/mol. The Morgan fingerprint density at radius 1 is 1.04 bits per heavy atom. The van der Waals surface area contributed by atoms with Crippen LogP contribution in [0, 0.1) is 5.92 Å². The largest absolute Gasteiger partial charge is 0.393 e. The van der Waals surface area contributed by atoms with Gasteiger partial charge in [0.05, 0.1) is 11.0 Å². The minimum atomic E-state index is -3.43. The summed E-state index contributed by atoms with van der Waals surface area (Å²) in [7, 11) is -3.43. The topological polar surface area (TPSA) is 66.4 Å². The van der Waals surface area contributed by atoms with Gasteiger partial charge in [-0.05, 0) is 49.9 Å². The minimum absolute atomic E-state index is 0.239. The van der Waals surface area contributed by atoms with Gasteiger partial charge in [-0.2, -0.15) is 0 Å². The minimum Gasteiger partial charge on any atom is -0.393 e. The molecule has 0 aliphatic heterocycles. The highest BCUT2D eigenvalue weighted by atomic mass is 35.5. The standard InChI is InChI=1S/C17H28ClNO3S/c1-14(15(2)20)8-6-4-3-5-7-13-19-23(21,22)17-11-9-16(18)10-12-17/h9-12,14-15,19-20H,3-8,13H2,1-2H3/t14-,15?/m0/s1. The van der Waals surface area contributed by atoms with Crippen molar-refractivity contribution < 1.29 is 13.5 Å². The van der Waals surface area contributed by atoms with E-state index in [0.717, 1.165) is 38.5 Å². The molecule has 0 spiro atoms. The van der Waals surface area contributed by atoms with E-state index >= 15 is 0 Å². The van der Waals surface area contributed by atoms with Crippen molar-refractivity contribution in [2.24, 2.45) is 5.92 Å². The average Bonchev–Trinajstić information content (AvgIpc) is 2.50. The first-order valence-corrected chi connectivity index (χ1v) is 10.1. The van der Waals surface area contributed by atoms with Crippen LogP contribution >= 0.6 is 11.6 Å². The molecule has 6 heteroatoms. The van der Waals surface area contributed by atoms with Crippen molar-refractivity contribution in [1.29, 1.82) is 0 Å². The Kier molecular flexibility index (Phi) is 9.14. The molecule has 0 saturated carbocycles. The van der Waals surface area contributed by atoms with Crippen LogP contribution in [-0.4, -0.2) is 26.2 Å². The first-order valence-electron chi connectivity index (χ1n) is 8.26. The molecule has 0 saturated heterocycles. The molecule has 1 unspecified atom stereocenters. The molecule has 0 radical (unpaired) electrons. The zero-order chi connectivity index (χ0) is 17.3. The van der Waals surface area contributed by atoms with Gasteiger partial charge < -0.3 is 5.11 Å². The van der Waals surface area contributed by atoms with Gasteiger partial charge in [-0.3, -0.25) is 0 Å². The van der Waals surface area contributed by atoms with Crippen LogP contribution in [-0.2, 0) is 10.0 Å². The second-order valence-electron chi connectivity index (χ2n) is 6.13. The van der Waals surface area contributed by atoms with Crippen molar-refractivity contribution in [3.63, 3.8) is 0 Å². The zero-order valence-corrected chi connectivity index (χ0v) is 15.5. The summed E-state index contributed by atoms with van der Waals surface area (Å²) in [4.78, 5) is 0.244. The van der Waals surface area contributed by atoms with Crippen LogP contribution in [0.3, 0.4) is 0 Å². The Bertz CT molecular complexity index is 543. The summed E-state index contributed by atoms with van der Waals surface area (Å²) in [5.41, 5.74) is 0. The molecule has 0 aromatic heterocycles. The number of halogens is 1. The molecular weight excluding hydrogens is 334 g/mol. The molecule has 0 amide bonds. The quantitative estimate of drug-likeness (QED) is 0.586. The number of hydrogen-bond acceptors (Lipinski definition) is 3. The lowest BCUT2D eigenvalue weighted by molar-refractivity contribution is 0.128. The van der Waals surface area contributed by atoms with E-state index in [4.69, 9.17) is 11.6 Å². The highest BCUT2D eigenvalue weighted by molar-refractivity contribution is 7.89. The first kappa shape index (κ1) is 20.4. The summed E-state index contributed by atoms with van der Waals surface area (Å²) in [5.74, 6) is 0.348. The van der Waals surface area contributed by atoms with E-state index in [1.165, 1.54) is 12.1 Å². The lowest BCUT2D eigenvalue weighted by atomic mass is 9.98. The molecule has 23 heavy (non-hydrogen) atoms. The molecule has 0 aliphatic carbocycles. The van der Waals surface area contributed by atoms with E-state index in [2.05, 4.69) is 11.6 Å². The van der Waals surface area contributed by atoms with Gasteiger partial charge in [-0.25, -0.2) is 13.1 Å². The van der Waals surface area contributed by atoms with Crippen LogP contribution in [0.4, 0.5) is 0 Å². The zero-order valence-electron chi connectivity index (χ0n) is 14.0. The molecule has 2 atom stereocenters. The number of rotatable bonds is 11. The fourth-order valence-corrected chi connectivity index (χ4v) is 3.47. The summed E-state index contributed by atoms with van der Waals surface area (Å²) in [6, 6.07) is 6.16. The molecule has 4 nitrogen and oxygen atoms in total. The van der Waals surface area contributed by atoms with Crippen LogP contribution < -0.4 is 4.72 Å². The van der Waals surface area contributed by atoms with Gasteiger partial charge in [-0.15, -0.1) is 0 Å². The van der Waals surface area contributed by atoms with Crippen molar-refractivity contribution in [1.82, 2.24) is 4.72 Å². The van der Waals surface area contributed by atoms with Crippen molar-refractivity contribution in [3.05, 3.63) is 29.3 Å². The molecule has 0 bridgehead atoms. The maximum Gasteiger partial charge on any atom is 0.240 e. The van der Waals surface area contributed by atoms with Crippen molar-refractivity contribution in [2.45, 2.75) is 63.4 Å². The molecule has 0 fully saturated rings. The maximum absolute atomic E-state index is 12.0. The van der Waals surface area contributed by atoms with E-state index in [0.29, 0.717) is 17.5 Å². The van der Waals surface area contributed by atoms with Gasteiger partial charge >= 0.3 is 0 Å². The SMILES string of the molecule is CC(O)[C@@H](C)CCCCCCCNS(=O)(=O)c1ccc(Cl)cc1. The van der Waals surface area contributed by atoms with Crippen molar-refractivity contribution in [2.75, 3.05) is 6.54 Å². The smallest absolute Gasteiger partial charge is 0.240 e. The fourth-order valence-electron chi connectivity index (χ4n) is 2.27. The lowest BCUT2D eigenvalue weighted by Gasteiger charge is -2.13. The third-order valence-corrected chi connectivity index (χ3v) is 5.80. The van der Waals surface area contributed by atoms with Gasteiger partial charge in [0.25, 0.3) is 0 Å². The average molecular weight is 362 g/mol. The Hall–Kier alpha value is -0.620. The van der Waals surface area contributed by atoms with Crippen LogP contribution in [0.15, 0.2) is 29.2 Å². The summed E-state index contributed by atoms with van der Waals surface area (Å²) < 4.78 is 26.7. The summed E-state index contributed by atoms with van der Waals surface area (Å²) >= 11 is 5.76. The van der Waals surface area contributed by atoms with Crippen LogP contribution in [0.1, 0.15) is 52.4 Å². The van der Waals surface area contributed by atoms with Crippen molar-refractivity contribution >= 4 is 21.6 Å². The van der Waals surface area contributed by atoms with E-state index in [1.54, 1.807) is 12.1 Å². The lowest BCUT2D eigenvalue weighted by Crippen LogP contribution is -2.24. The number of aliphatic hydroxyl groups excluding tert-OH is 1.